The number of rotatable bonds is 5. The molecule has 124 valence electrons. The molecule has 7 nitrogen and oxygen atoms in total. The number of alkyl halides is 2. The predicted molar refractivity (Wildman–Crippen MR) is 63.3 cm³/mol. The van der Waals surface area contributed by atoms with Crippen LogP contribution in [0.5, 0.6) is 0 Å². The minimum atomic E-state index is -4.10. The molecule has 1 heterocycles. The van der Waals surface area contributed by atoms with Gasteiger partial charge in [-0.3, -0.25) is 9.83 Å². The van der Waals surface area contributed by atoms with Gasteiger partial charge in [0, 0.05) is 11.8 Å². The normalized spacial score (nSPS) is 38.2. The molecule has 0 aromatic rings. The summed E-state index contributed by atoms with van der Waals surface area (Å²) in [6.45, 7) is 3.82. The first-order valence-corrected chi connectivity index (χ1v) is 7.38. The predicted octanol–water partition coefficient (Wildman–Crippen LogP) is 0.580. The average Bonchev–Trinajstić information content (AvgIpc) is 2.93. The molecule has 0 spiro atoms. The minimum Gasteiger partial charge on any atom is -0.691 e. The molecule has 5 unspecified atom stereocenters. The first-order valence-electron chi connectivity index (χ1n) is 6.64. The highest BCUT2D eigenvalue weighted by Gasteiger charge is 2.72. The topological polar surface area (TPSA) is 94.1 Å². The van der Waals surface area contributed by atoms with Crippen LogP contribution in [-0.4, -0.2) is 29.4 Å². The Morgan fingerprint density at radius 2 is 2.18 bits per heavy atom. The van der Waals surface area contributed by atoms with Gasteiger partial charge in [0.25, 0.3) is 0 Å². The smallest absolute Gasteiger partial charge is 0.415 e. The van der Waals surface area contributed by atoms with E-state index in [0.29, 0.717) is 6.42 Å². The zero-order valence-corrected chi connectivity index (χ0v) is 12.4. The van der Waals surface area contributed by atoms with Crippen molar-refractivity contribution in [2.45, 2.75) is 37.7 Å². The number of esters is 2. The summed E-state index contributed by atoms with van der Waals surface area (Å²) in [5.74, 6) is -2.87. The molecular formula is C12H13F2O7S-. The lowest BCUT2D eigenvalue weighted by atomic mass is 9.80. The molecule has 2 saturated carbocycles. The second kappa shape index (κ2) is 5.02. The van der Waals surface area contributed by atoms with Gasteiger partial charge in [0.15, 0.2) is 0 Å². The van der Waals surface area contributed by atoms with Crippen LogP contribution in [0.3, 0.4) is 0 Å². The van der Waals surface area contributed by atoms with Crippen molar-refractivity contribution in [3.63, 3.8) is 0 Å². The van der Waals surface area contributed by atoms with E-state index in [1.807, 2.05) is 13.8 Å². The quantitative estimate of drug-likeness (QED) is 0.311. The number of hydrogen-bond donors (Lipinski definition) is 0. The van der Waals surface area contributed by atoms with Crippen molar-refractivity contribution >= 4 is 24.0 Å². The van der Waals surface area contributed by atoms with Crippen molar-refractivity contribution < 1.29 is 42.5 Å². The molecule has 0 aromatic heterocycles. The highest BCUT2D eigenvalue weighted by molar-refractivity contribution is 7.96. The van der Waals surface area contributed by atoms with Gasteiger partial charge in [-0.25, -0.2) is 4.79 Å². The first kappa shape index (κ1) is 15.9. The molecule has 3 aliphatic rings. The molecule has 0 radical (unpaired) electrons. The van der Waals surface area contributed by atoms with Crippen LogP contribution in [0.1, 0.15) is 20.3 Å². The van der Waals surface area contributed by atoms with Crippen molar-refractivity contribution in [2.24, 2.45) is 23.2 Å². The molecule has 0 N–H and O–H groups in total. The van der Waals surface area contributed by atoms with Gasteiger partial charge in [-0.1, -0.05) is 13.8 Å². The zero-order valence-electron chi connectivity index (χ0n) is 11.6. The summed E-state index contributed by atoms with van der Waals surface area (Å²) < 4.78 is 40.5. The third-order valence-corrected chi connectivity index (χ3v) is 5.53. The molecule has 5 atom stereocenters. The standard InChI is InChI=1S/C12H14F2O7S/c1-11(2)5-3-4-6(11)8(18-9(4)15)7(5)19-10(16)12(13,14)22-21-20-17/h4-8,17H,3H2,1-2H3/p-1. The Bertz CT molecular complexity index is 512. The highest BCUT2D eigenvalue weighted by atomic mass is 32.2. The number of fused-ring (bicyclic) bond motifs is 1. The van der Waals surface area contributed by atoms with E-state index in [2.05, 4.69) is 9.37 Å². The Balaban J connectivity index is 1.74. The van der Waals surface area contributed by atoms with E-state index < -0.39 is 35.5 Å². The molecule has 1 aliphatic heterocycles. The van der Waals surface area contributed by atoms with Gasteiger partial charge < -0.3 is 14.7 Å². The van der Waals surface area contributed by atoms with Crippen molar-refractivity contribution in [3.05, 3.63) is 0 Å². The lowest BCUT2D eigenvalue weighted by molar-refractivity contribution is -0.777. The van der Waals surface area contributed by atoms with Crippen LogP contribution in [0.2, 0.25) is 0 Å². The Labute approximate surface area is 128 Å². The van der Waals surface area contributed by atoms with Gasteiger partial charge in [0.05, 0.1) is 5.92 Å². The first-order chi connectivity index (χ1) is 10.2. The molecule has 22 heavy (non-hydrogen) atoms. The van der Waals surface area contributed by atoms with Gasteiger partial charge in [0.2, 0.25) is 0 Å². The van der Waals surface area contributed by atoms with Gasteiger partial charge in [-0.15, -0.1) is 0 Å². The van der Waals surface area contributed by atoms with Crippen molar-refractivity contribution in [1.82, 2.24) is 0 Å². The van der Waals surface area contributed by atoms with Crippen molar-refractivity contribution in [2.75, 3.05) is 0 Å². The minimum absolute atomic E-state index is 0.148. The number of carbonyl (C=O) groups is 2. The second-order valence-electron chi connectivity index (χ2n) is 6.30. The van der Waals surface area contributed by atoms with Crippen LogP contribution in [-0.2, 0) is 28.4 Å². The summed E-state index contributed by atoms with van der Waals surface area (Å²) in [6.07, 6.45) is -1.17. The van der Waals surface area contributed by atoms with E-state index in [9.17, 15) is 23.6 Å². The van der Waals surface area contributed by atoms with E-state index >= 15 is 0 Å². The Morgan fingerprint density at radius 3 is 2.82 bits per heavy atom. The van der Waals surface area contributed by atoms with Crippen LogP contribution >= 0.6 is 12.0 Å². The van der Waals surface area contributed by atoms with E-state index in [0.717, 1.165) is 0 Å². The molecule has 10 heteroatoms. The lowest BCUT2D eigenvalue weighted by Crippen LogP contribution is -2.40. The van der Waals surface area contributed by atoms with E-state index in [4.69, 9.17) is 9.47 Å². The second-order valence-corrected chi connectivity index (χ2v) is 7.12. The van der Waals surface area contributed by atoms with Crippen molar-refractivity contribution in [1.29, 1.82) is 0 Å². The van der Waals surface area contributed by atoms with Gasteiger partial charge >= 0.3 is 17.2 Å². The molecule has 1 saturated heterocycles. The van der Waals surface area contributed by atoms with Crippen LogP contribution in [0.4, 0.5) is 8.78 Å². The highest BCUT2D eigenvalue weighted by Crippen LogP contribution is 2.65. The van der Waals surface area contributed by atoms with Crippen LogP contribution in [0.25, 0.3) is 0 Å². The summed E-state index contributed by atoms with van der Waals surface area (Å²) in [5, 5.41) is 8.29. The Morgan fingerprint density at radius 1 is 1.50 bits per heavy atom. The van der Waals surface area contributed by atoms with E-state index in [-0.39, 0.29) is 29.1 Å². The number of halogens is 2. The molecular weight excluding hydrogens is 326 g/mol. The maximum absolute atomic E-state index is 13.4. The average molecular weight is 339 g/mol. The summed E-state index contributed by atoms with van der Waals surface area (Å²) >= 11 is -0.740. The number of carbonyl (C=O) groups excluding carboxylic acids is 2. The molecule has 2 bridgehead atoms. The maximum Gasteiger partial charge on any atom is 0.415 e. The molecule has 3 rings (SSSR count). The van der Waals surface area contributed by atoms with Crippen LogP contribution < -0.4 is 5.26 Å². The van der Waals surface area contributed by atoms with Gasteiger partial charge in [0.1, 0.15) is 24.3 Å². The largest absolute Gasteiger partial charge is 0.691 e. The lowest BCUT2D eigenvalue weighted by Gasteiger charge is -2.27. The fraction of sp³-hybridized carbons (Fsp3) is 0.833. The van der Waals surface area contributed by atoms with Gasteiger partial charge in [-0.2, -0.15) is 13.1 Å². The third kappa shape index (κ3) is 2.12. The fourth-order valence-corrected chi connectivity index (χ4v) is 4.40. The summed E-state index contributed by atoms with van der Waals surface area (Å²) in [6, 6.07) is 0. The molecule has 0 aromatic carbocycles. The molecule has 3 fully saturated rings. The van der Waals surface area contributed by atoms with E-state index in [1.54, 1.807) is 0 Å². The number of hydrogen-bond acceptors (Lipinski definition) is 8. The Hall–Kier alpha value is -0.970. The number of ether oxygens (including phenoxy) is 2. The van der Waals surface area contributed by atoms with Gasteiger partial charge in [-0.05, 0) is 11.8 Å². The van der Waals surface area contributed by atoms with E-state index in [1.165, 1.54) is 0 Å². The molecule has 0 amide bonds. The SMILES string of the molecule is CC1(C)C2CC3C(=O)OC(C2OC(=O)C(F)(F)SOO[O-])C31. The monoisotopic (exact) mass is 339 g/mol. The van der Waals surface area contributed by atoms with Crippen LogP contribution in [0, 0.1) is 23.2 Å². The summed E-state index contributed by atoms with van der Waals surface area (Å²) in [7, 11) is 0. The zero-order chi connectivity index (χ0) is 16.3. The molecule has 2 aliphatic carbocycles. The Kier molecular flexibility index (Phi) is 3.63. The fourth-order valence-electron chi connectivity index (χ4n) is 4.17. The summed E-state index contributed by atoms with van der Waals surface area (Å²) in [4.78, 5) is 23.4. The maximum atomic E-state index is 13.4. The van der Waals surface area contributed by atoms with Crippen molar-refractivity contribution in [3.8, 4) is 0 Å². The summed E-state index contributed by atoms with van der Waals surface area (Å²) in [5.41, 5.74) is -0.344. The third-order valence-electron chi connectivity index (χ3n) is 5.03. The van der Waals surface area contributed by atoms with Crippen LogP contribution in [0.15, 0.2) is 0 Å².